The quantitative estimate of drug-likeness (QED) is 0.605. The topological polar surface area (TPSA) is 75.4 Å². The summed E-state index contributed by atoms with van der Waals surface area (Å²) in [7, 11) is 0. The number of hydrogen-bond donors (Lipinski definition) is 3. The van der Waals surface area contributed by atoms with Gasteiger partial charge >= 0.3 is 0 Å². The van der Waals surface area contributed by atoms with Crippen molar-refractivity contribution in [2.24, 2.45) is 17.6 Å². The first-order valence-electron chi connectivity index (χ1n) is 5.56. The predicted octanol–water partition coefficient (Wildman–Crippen LogP) is 0.493. The van der Waals surface area contributed by atoms with Gasteiger partial charge in [0.05, 0.1) is 12.1 Å². The first-order chi connectivity index (χ1) is 6.84. The van der Waals surface area contributed by atoms with Gasteiger partial charge in [-0.15, -0.1) is 0 Å². The first kappa shape index (κ1) is 14.4. The van der Waals surface area contributed by atoms with Crippen molar-refractivity contribution in [3.05, 3.63) is 0 Å². The van der Waals surface area contributed by atoms with E-state index >= 15 is 0 Å². The fourth-order valence-corrected chi connectivity index (χ4v) is 1.19. The molecule has 0 aromatic heterocycles. The lowest BCUT2D eigenvalue weighted by atomic mass is 10.0. The number of nitrogens with two attached hydrogens (primary N) is 1. The molecule has 0 radical (unpaired) electrons. The largest absolute Gasteiger partial charge is 0.391 e. The zero-order chi connectivity index (χ0) is 12.0. The van der Waals surface area contributed by atoms with Crippen LogP contribution < -0.4 is 11.1 Å². The Bertz CT molecular complexity index is 193. The number of carbonyl (C=O) groups is 1. The fourth-order valence-electron chi connectivity index (χ4n) is 1.19. The minimum absolute atomic E-state index is 0.145. The van der Waals surface area contributed by atoms with Crippen molar-refractivity contribution >= 4 is 5.91 Å². The maximum atomic E-state index is 11.5. The van der Waals surface area contributed by atoms with Gasteiger partial charge in [0.2, 0.25) is 5.91 Å². The molecular weight excluding hydrogens is 192 g/mol. The predicted molar refractivity (Wildman–Crippen MR) is 61.3 cm³/mol. The van der Waals surface area contributed by atoms with E-state index in [1.165, 1.54) is 0 Å². The molecule has 0 aliphatic carbocycles. The summed E-state index contributed by atoms with van der Waals surface area (Å²) in [5, 5.41) is 12.1. The van der Waals surface area contributed by atoms with Crippen LogP contribution >= 0.6 is 0 Å². The summed E-state index contributed by atoms with van der Waals surface area (Å²) in [5.41, 5.74) is 5.69. The molecule has 0 aliphatic heterocycles. The van der Waals surface area contributed by atoms with Gasteiger partial charge in [0, 0.05) is 6.54 Å². The molecule has 1 unspecified atom stereocenters. The first-order valence-corrected chi connectivity index (χ1v) is 5.56. The number of amides is 1. The molecule has 90 valence electrons. The summed E-state index contributed by atoms with van der Waals surface area (Å²) < 4.78 is 0. The Morgan fingerprint density at radius 1 is 1.33 bits per heavy atom. The standard InChI is InChI=1S/C11H24N2O2/c1-7(2)5-9(12)11(15)13-6-10(14)8(3)4/h7-10,14H,5-6,12H2,1-4H3,(H,13,15)/t9-,10?/m1/s1. The smallest absolute Gasteiger partial charge is 0.237 e. The Balaban J connectivity index is 3.83. The van der Waals surface area contributed by atoms with Gasteiger partial charge in [-0.2, -0.15) is 0 Å². The molecule has 0 heterocycles. The van der Waals surface area contributed by atoms with Gasteiger partial charge in [-0.05, 0) is 18.3 Å². The summed E-state index contributed by atoms with van der Waals surface area (Å²) in [5.74, 6) is 0.371. The van der Waals surface area contributed by atoms with Crippen LogP contribution in [0.1, 0.15) is 34.1 Å². The Labute approximate surface area is 92.2 Å². The SMILES string of the molecule is CC(C)C[C@@H](N)C(=O)NCC(O)C(C)C. The number of nitrogens with one attached hydrogen (secondary N) is 1. The van der Waals surface area contributed by atoms with Crippen molar-refractivity contribution in [1.29, 1.82) is 0 Å². The Kier molecular flexibility index (Phi) is 6.52. The molecule has 4 nitrogen and oxygen atoms in total. The Hall–Kier alpha value is -0.610. The van der Waals surface area contributed by atoms with Crippen LogP contribution in [0.2, 0.25) is 0 Å². The second-order valence-electron chi connectivity index (χ2n) is 4.79. The molecule has 0 aromatic carbocycles. The lowest BCUT2D eigenvalue weighted by Gasteiger charge is -2.18. The molecule has 0 fully saturated rings. The summed E-state index contributed by atoms with van der Waals surface area (Å²) >= 11 is 0. The third-order valence-electron chi connectivity index (χ3n) is 2.32. The van der Waals surface area contributed by atoms with E-state index in [2.05, 4.69) is 5.32 Å². The lowest BCUT2D eigenvalue weighted by Crippen LogP contribution is -2.44. The summed E-state index contributed by atoms with van der Waals surface area (Å²) in [6.45, 7) is 8.14. The maximum absolute atomic E-state index is 11.5. The van der Waals surface area contributed by atoms with Gasteiger partial charge in [0.15, 0.2) is 0 Å². The van der Waals surface area contributed by atoms with E-state index in [1.807, 2.05) is 27.7 Å². The highest BCUT2D eigenvalue weighted by Crippen LogP contribution is 2.03. The monoisotopic (exact) mass is 216 g/mol. The second-order valence-corrected chi connectivity index (χ2v) is 4.79. The average Bonchev–Trinajstić information content (AvgIpc) is 2.12. The molecule has 0 aromatic rings. The van der Waals surface area contributed by atoms with Crippen molar-refractivity contribution in [2.45, 2.75) is 46.3 Å². The molecule has 0 saturated carbocycles. The highest BCUT2D eigenvalue weighted by atomic mass is 16.3. The Morgan fingerprint density at radius 3 is 2.27 bits per heavy atom. The van der Waals surface area contributed by atoms with Crippen LogP contribution in [0.25, 0.3) is 0 Å². The highest BCUT2D eigenvalue weighted by molar-refractivity contribution is 5.81. The average molecular weight is 216 g/mol. The number of aliphatic hydroxyl groups is 1. The van der Waals surface area contributed by atoms with Crippen molar-refractivity contribution < 1.29 is 9.90 Å². The summed E-state index contributed by atoms with van der Waals surface area (Å²) in [6, 6.07) is -0.468. The summed E-state index contributed by atoms with van der Waals surface area (Å²) in [6.07, 6.45) is 0.170. The van der Waals surface area contributed by atoms with E-state index in [4.69, 9.17) is 5.73 Å². The van der Waals surface area contributed by atoms with Gasteiger partial charge in [-0.3, -0.25) is 4.79 Å². The zero-order valence-corrected chi connectivity index (χ0v) is 10.2. The van der Waals surface area contributed by atoms with E-state index in [-0.39, 0.29) is 18.4 Å². The molecule has 4 N–H and O–H groups in total. The third kappa shape index (κ3) is 6.47. The van der Waals surface area contributed by atoms with Crippen LogP contribution in [0.15, 0.2) is 0 Å². The maximum Gasteiger partial charge on any atom is 0.237 e. The van der Waals surface area contributed by atoms with Crippen LogP contribution in [0, 0.1) is 11.8 Å². The molecule has 0 saturated heterocycles. The van der Waals surface area contributed by atoms with Gasteiger partial charge < -0.3 is 16.2 Å². The second kappa shape index (κ2) is 6.80. The van der Waals surface area contributed by atoms with Gasteiger partial charge in [-0.1, -0.05) is 27.7 Å². The Morgan fingerprint density at radius 2 is 1.87 bits per heavy atom. The van der Waals surface area contributed by atoms with E-state index < -0.39 is 12.1 Å². The molecular formula is C11H24N2O2. The van der Waals surface area contributed by atoms with E-state index in [1.54, 1.807) is 0 Å². The number of aliphatic hydroxyl groups excluding tert-OH is 1. The fraction of sp³-hybridized carbons (Fsp3) is 0.909. The van der Waals surface area contributed by atoms with Crippen LogP contribution in [-0.2, 0) is 4.79 Å². The van der Waals surface area contributed by atoms with Gasteiger partial charge in [0.25, 0.3) is 0 Å². The lowest BCUT2D eigenvalue weighted by molar-refractivity contribution is -0.123. The van der Waals surface area contributed by atoms with Gasteiger partial charge in [0.1, 0.15) is 0 Å². The summed E-state index contributed by atoms with van der Waals surface area (Å²) in [4.78, 5) is 11.5. The molecule has 0 aliphatic rings. The van der Waals surface area contributed by atoms with Crippen LogP contribution in [-0.4, -0.2) is 29.7 Å². The van der Waals surface area contributed by atoms with E-state index in [0.717, 1.165) is 0 Å². The molecule has 2 atom stereocenters. The molecule has 15 heavy (non-hydrogen) atoms. The van der Waals surface area contributed by atoms with E-state index in [0.29, 0.717) is 12.3 Å². The van der Waals surface area contributed by atoms with Crippen molar-refractivity contribution in [3.63, 3.8) is 0 Å². The van der Waals surface area contributed by atoms with Crippen LogP contribution in [0.5, 0.6) is 0 Å². The molecule has 4 heteroatoms. The van der Waals surface area contributed by atoms with E-state index in [9.17, 15) is 9.90 Å². The molecule has 1 amide bonds. The minimum Gasteiger partial charge on any atom is -0.391 e. The van der Waals surface area contributed by atoms with Crippen LogP contribution in [0.4, 0.5) is 0 Å². The number of hydrogen-bond acceptors (Lipinski definition) is 3. The molecule has 0 spiro atoms. The number of carbonyl (C=O) groups excluding carboxylic acids is 1. The molecule has 0 rings (SSSR count). The highest BCUT2D eigenvalue weighted by Gasteiger charge is 2.16. The minimum atomic E-state index is -0.500. The number of rotatable bonds is 6. The normalized spacial score (nSPS) is 15.5. The molecule has 0 bridgehead atoms. The van der Waals surface area contributed by atoms with Gasteiger partial charge in [-0.25, -0.2) is 0 Å². The third-order valence-corrected chi connectivity index (χ3v) is 2.32. The zero-order valence-electron chi connectivity index (χ0n) is 10.2. The van der Waals surface area contributed by atoms with Crippen molar-refractivity contribution in [2.75, 3.05) is 6.54 Å². The van der Waals surface area contributed by atoms with Crippen molar-refractivity contribution in [1.82, 2.24) is 5.32 Å². The van der Waals surface area contributed by atoms with Crippen LogP contribution in [0.3, 0.4) is 0 Å². The van der Waals surface area contributed by atoms with Crippen molar-refractivity contribution in [3.8, 4) is 0 Å².